The highest BCUT2D eigenvalue weighted by Crippen LogP contribution is 2.48. The van der Waals surface area contributed by atoms with Gasteiger partial charge in [-0.15, -0.1) is 0 Å². The van der Waals surface area contributed by atoms with E-state index < -0.39 is 5.60 Å². The molecule has 2 unspecified atom stereocenters. The lowest BCUT2D eigenvalue weighted by atomic mass is 9.88. The Morgan fingerprint density at radius 2 is 1.68 bits per heavy atom. The van der Waals surface area contributed by atoms with Gasteiger partial charge >= 0.3 is 0 Å². The van der Waals surface area contributed by atoms with E-state index in [4.69, 9.17) is 16.3 Å². The Morgan fingerprint density at radius 1 is 1.11 bits per heavy atom. The quantitative estimate of drug-likeness (QED) is 0.628. The minimum Gasteiger partial charge on any atom is -0.352 e. The number of Topliss-reactive ketones (excluding diaryl/α,β-unsaturated/α-hetero) is 1. The van der Waals surface area contributed by atoms with Crippen LogP contribution >= 0.6 is 11.6 Å². The highest BCUT2D eigenvalue weighted by Gasteiger charge is 2.60. The molecule has 2 aromatic rings. The Kier molecular flexibility index (Phi) is 2.92. The van der Waals surface area contributed by atoms with Crippen molar-refractivity contribution in [3.05, 3.63) is 70.7 Å². The van der Waals surface area contributed by atoms with Crippen molar-refractivity contribution in [1.82, 2.24) is 0 Å². The molecule has 1 aliphatic rings. The van der Waals surface area contributed by atoms with Crippen molar-refractivity contribution in [2.24, 2.45) is 0 Å². The standard InChI is InChI=1S/C16H13ClO2/c1-11-16(19-11,13-5-3-2-4-6-13)15(18)12-7-9-14(17)10-8-12/h2-11H,1H3. The summed E-state index contributed by atoms with van der Waals surface area (Å²) in [5.41, 5.74) is 0.704. The molecule has 2 atom stereocenters. The maximum atomic E-state index is 12.7. The summed E-state index contributed by atoms with van der Waals surface area (Å²) in [4.78, 5) is 12.7. The van der Waals surface area contributed by atoms with Crippen molar-refractivity contribution in [1.29, 1.82) is 0 Å². The molecule has 0 radical (unpaired) electrons. The maximum absolute atomic E-state index is 12.7. The number of carbonyl (C=O) groups excluding carboxylic acids is 1. The van der Waals surface area contributed by atoms with Crippen LogP contribution in [0.15, 0.2) is 54.6 Å². The van der Waals surface area contributed by atoms with Gasteiger partial charge in [-0.2, -0.15) is 0 Å². The lowest BCUT2D eigenvalue weighted by Crippen LogP contribution is -2.24. The summed E-state index contributed by atoms with van der Waals surface area (Å²) in [5, 5.41) is 0.620. The third kappa shape index (κ3) is 1.97. The number of ether oxygens (including phenoxy) is 1. The molecule has 96 valence electrons. The second kappa shape index (κ2) is 4.48. The van der Waals surface area contributed by atoms with Crippen LogP contribution in [0.5, 0.6) is 0 Å². The van der Waals surface area contributed by atoms with E-state index in [-0.39, 0.29) is 11.9 Å². The van der Waals surface area contributed by atoms with E-state index >= 15 is 0 Å². The summed E-state index contributed by atoms with van der Waals surface area (Å²) in [6.07, 6.45) is -0.0990. The van der Waals surface area contributed by atoms with E-state index in [2.05, 4.69) is 0 Å². The molecule has 0 aliphatic carbocycles. The summed E-state index contributed by atoms with van der Waals surface area (Å²) in [6.45, 7) is 1.92. The Labute approximate surface area is 117 Å². The molecule has 0 bridgehead atoms. The molecule has 0 spiro atoms. The van der Waals surface area contributed by atoms with E-state index in [0.717, 1.165) is 5.56 Å². The monoisotopic (exact) mass is 272 g/mol. The number of ketones is 1. The van der Waals surface area contributed by atoms with Crippen LogP contribution in [0, 0.1) is 0 Å². The molecular formula is C16H13ClO2. The summed E-state index contributed by atoms with van der Waals surface area (Å²) in [5.74, 6) is -0.0112. The number of halogens is 1. The molecule has 1 fully saturated rings. The molecule has 2 nitrogen and oxygen atoms in total. The van der Waals surface area contributed by atoms with Crippen LogP contribution in [0.4, 0.5) is 0 Å². The Balaban J connectivity index is 2.00. The molecule has 19 heavy (non-hydrogen) atoms. The van der Waals surface area contributed by atoms with Gasteiger partial charge in [-0.25, -0.2) is 0 Å². The second-order valence-electron chi connectivity index (χ2n) is 4.70. The molecule has 0 aromatic heterocycles. The number of hydrogen-bond acceptors (Lipinski definition) is 2. The summed E-state index contributed by atoms with van der Waals surface area (Å²) in [6, 6.07) is 16.5. The molecule has 1 heterocycles. The SMILES string of the molecule is CC1OC1(C(=O)c1ccc(Cl)cc1)c1ccccc1. The third-order valence-electron chi connectivity index (χ3n) is 3.52. The van der Waals surface area contributed by atoms with Crippen molar-refractivity contribution >= 4 is 17.4 Å². The molecule has 3 rings (SSSR count). The lowest BCUT2D eigenvalue weighted by molar-refractivity contribution is 0.0871. The van der Waals surface area contributed by atoms with Gasteiger partial charge in [0.05, 0.1) is 6.10 Å². The first kappa shape index (κ1) is 12.4. The van der Waals surface area contributed by atoms with Crippen molar-refractivity contribution in [3.63, 3.8) is 0 Å². The molecule has 0 amide bonds. The molecule has 3 heteroatoms. The Bertz CT molecular complexity index is 606. The van der Waals surface area contributed by atoms with Gasteiger partial charge in [0.1, 0.15) is 0 Å². The summed E-state index contributed by atoms with van der Waals surface area (Å²) in [7, 11) is 0. The van der Waals surface area contributed by atoms with Gasteiger partial charge in [0.2, 0.25) is 5.78 Å². The van der Waals surface area contributed by atoms with Crippen LogP contribution in [0.2, 0.25) is 5.02 Å². The zero-order chi connectivity index (χ0) is 13.5. The van der Waals surface area contributed by atoms with Gasteiger partial charge in [-0.3, -0.25) is 4.79 Å². The second-order valence-corrected chi connectivity index (χ2v) is 5.13. The first-order valence-electron chi connectivity index (χ1n) is 6.18. The maximum Gasteiger partial charge on any atom is 0.201 e. The summed E-state index contributed by atoms with van der Waals surface area (Å²) < 4.78 is 5.65. The Hall–Kier alpha value is -1.64. The number of hydrogen-bond donors (Lipinski definition) is 0. The number of carbonyl (C=O) groups is 1. The fourth-order valence-corrected chi connectivity index (χ4v) is 2.54. The van der Waals surface area contributed by atoms with Crippen molar-refractivity contribution in [2.45, 2.75) is 18.6 Å². The highest BCUT2D eigenvalue weighted by molar-refractivity contribution is 6.30. The van der Waals surface area contributed by atoms with Crippen LogP contribution in [0.3, 0.4) is 0 Å². The first-order chi connectivity index (χ1) is 9.14. The smallest absolute Gasteiger partial charge is 0.201 e. The summed E-state index contributed by atoms with van der Waals surface area (Å²) >= 11 is 5.85. The van der Waals surface area contributed by atoms with Crippen LogP contribution in [-0.2, 0) is 10.3 Å². The largest absolute Gasteiger partial charge is 0.352 e. The zero-order valence-corrected chi connectivity index (χ0v) is 11.2. The minimum absolute atomic E-state index is 0.0112. The van der Waals surface area contributed by atoms with Gasteiger partial charge in [0.25, 0.3) is 0 Å². The van der Waals surface area contributed by atoms with Gasteiger partial charge < -0.3 is 4.74 Å². The van der Waals surface area contributed by atoms with E-state index in [9.17, 15) is 4.79 Å². The third-order valence-corrected chi connectivity index (χ3v) is 3.78. The van der Waals surface area contributed by atoms with Crippen LogP contribution in [0.25, 0.3) is 0 Å². The van der Waals surface area contributed by atoms with Crippen molar-refractivity contribution < 1.29 is 9.53 Å². The normalized spacial score (nSPS) is 25.1. The Morgan fingerprint density at radius 3 is 2.21 bits per heavy atom. The number of epoxide rings is 1. The van der Waals surface area contributed by atoms with Gasteiger partial charge in [0, 0.05) is 10.6 Å². The number of benzene rings is 2. The fraction of sp³-hybridized carbons (Fsp3) is 0.188. The molecular weight excluding hydrogens is 260 g/mol. The van der Waals surface area contributed by atoms with E-state index in [1.54, 1.807) is 24.3 Å². The van der Waals surface area contributed by atoms with Crippen LogP contribution in [0.1, 0.15) is 22.8 Å². The highest BCUT2D eigenvalue weighted by atomic mass is 35.5. The van der Waals surface area contributed by atoms with E-state index in [0.29, 0.717) is 10.6 Å². The molecule has 0 N–H and O–H groups in total. The van der Waals surface area contributed by atoms with Gasteiger partial charge in [-0.05, 0) is 36.8 Å². The molecule has 2 aromatic carbocycles. The molecule has 1 saturated heterocycles. The first-order valence-corrected chi connectivity index (χ1v) is 6.56. The van der Waals surface area contributed by atoms with Gasteiger partial charge in [0.15, 0.2) is 5.60 Å². The minimum atomic E-state index is -0.824. The predicted molar refractivity (Wildman–Crippen MR) is 74.4 cm³/mol. The fourth-order valence-electron chi connectivity index (χ4n) is 2.42. The average molecular weight is 273 g/mol. The topological polar surface area (TPSA) is 29.6 Å². The van der Waals surface area contributed by atoms with Crippen LogP contribution < -0.4 is 0 Å². The predicted octanol–water partition coefficient (Wildman–Crippen LogP) is 3.84. The average Bonchev–Trinajstić information content (AvgIpc) is 3.13. The molecule has 1 aliphatic heterocycles. The van der Waals surface area contributed by atoms with Crippen molar-refractivity contribution in [3.8, 4) is 0 Å². The number of rotatable bonds is 3. The molecule has 0 saturated carbocycles. The lowest BCUT2D eigenvalue weighted by Gasteiger charge is -2.12. The van der Waals surface area contributed by atoms with Crippen molar-refractivity contribution in [2.75, 3.05) is 0 Å². The van der Waals surface area contributed by atoms with E-state index in [1.165, 1.54) is 0 Å². The van der Waals surface area contributed by atoms with Gasteiger partial charge in [-0.1, -0.05) is 41.9 Å². The van der Waals surface area contributed by atoms with Crippen LogP contribution in [-0.4, -0.2) is 11.9 Å². The zero-order valence-electron chi connectivity index (χ0n) is 10.5. The van der Waals surface area contributed by atoms with E-state index in [1.807, 2.05) is 37.3 Å².